The standard InChI is InChI=1S/C14H21N3O/c15-8-11-5-3-7-17(11)14(18)13-12-6-2-1-4-10(12)9-16-13/h10-13,16H,1-7,9H2/t10?,11-,12?,13?/m0/s1. The number of nitrogens with zero attached hydrogens (tertiary/aromatic N) is 2. The lowest BCUT2D eigenvalue weighted by Gasteiger charge is -2.30. The Balaban J connectivity index is 1.71. The predicted octanol–water partition coefficient (Wildman–Crippen LogP) is 1.28. The van der Waals surface area contributed by atoms with Gasteiger partial charge in [0, 0.05) is 6.54 Å². The van der Waals surface area contributed by atoms with E-state index in [9.17, 15) is 4.79 Å². The number of hydrogen-bond donors (Lipinski definition) is 1. The maximum Gasteiger partial charge on any atom is 0.241 e. The van der Waals surface area contributed by atoms with E-state index >= 15 is 0 Å². The lowest BCUT2D eigenvalue weighted by molar-refractivity contribution is -0.134. The van der Waals surface area contributed by atoms with Gasteiger partial charge in [-0.25, -0.2) is 0 Å². The van der Waals surface area contributed by atoms with Crippen molar-refractivity contribution < 1.29 is 4.79 Å². The van der Waals surface area contributed by atoms with Crippen LogP contribution in [-0.4, -0.2) is 36.0 Å². The second kappa shape index (κ2) is 4.89. The van der Waals surface area contributed by atoms with Crippen molar-refractivity contribution in [1.82, 2.24) is 10.2 Å². The molecule has 0 radical (unpaired) electrons. The monoisotopic (exact) mass is 247 g/mol. The first kappa shape index (κ1) is 12.0. The van der Waals surface area contributed by atoms with Crippen LogP contribution in [0.2, 0.25) is 0 Å². The fraction of sp³-hybridized carbons (Fsp3) is 0.857. The van der Waals surface area contributed by atoms with Crippen LogP contribution >= 0.6 is 0 Å². The molecule has 0 aromatic rings. The third-order valence-electron chi connectivity index (χ3n) is 4.95. The largest absolute Gasteiger partial charge is 0.325 e. The number of hydrogen-bond acceptors (Lipinski definition) is 3. The first-order valence-corrected chi connectivity index (χ1v) is 7.25. The van der Waals surface area contributed by atoms with Crippen LogP contribution in [0.15, 0.2) is 0 Å². The first-order valence-electron chi connectivity index (χ1n) is 7.25. The summed E-state index contributed by atoms with van der Waals surface area (Å²) >= 11 is 0. The summed E-state index contributed by atoms with van der Waals surface area (Å²) in [5.74, 6) is 1.40. The molecule has 98 valence electrons. The van der Waals surface area contributed by atoms with Crippen molar-refractivity contribution in [3.05, 3.63) is 0 Å². The molecule has 4 atom stereocenters. The van der Waals surface area contributed by atoms with Gasteiger partial charge in [0.25, 0.3) is 0 Å². The number of nitriles is 1. The quantitative estimate of drug-likeness (QED) is 0.759. The fourth-order valence-electron chi connectivity index (χ4n) is 3.97. The van der Waals surface area contributed by atoms with E-state index in [2.05, 4.69) is 11.4 Å². The molecule has 18 heavy (non-hydrogen) atoms. The molecule has 2 saturated heterocycles. The van der Waals surface area contributed by atoms with Gasteiger partial charge in [0.2, 0.25) is 5.91 Å². The van der Waals surface area contributed by atoms with Crippen molar-refractivity contribution in [2.45, 2.75) is 50.6 Å². The summed E-state index contributed by atoms with van der Waals surface area (Å²) in [7, 11) is 0. The summed E-state index contributed by atoms with van der Waals surface area (Å²) in [6.07, 6.45) is 6.85. The van der Waals surface area contributed by atoms with Crippen LogP contribution in [0.3, 0.4) is 0 Å². The van der Waals surface area contributed by atoms with Crippen molar-refractivity contribution >= 4 is 5.91 Å². The molecule has 1 amide bonds. The van der Waals surface area contributed by atoms with E-state index in [1.54, 1.807) is 0 Å². The number of carbonyl (C=O) groups is 1. The van der Waals surface area contributed by atoms with Crippen molar-refractivity contribution in [1.29, 1.82) is 5.26 Å². The van der Waals surface area contributed by atoms with Crippen molar-refractivity contribution in [2.24, 2.45) is 11.8 Å². The highest BCUT2D eigenvalue weighted by atomic mass is 16.2. The lowest BCUT2D eigenvalue weighted by atomic mass is 9.78. The molecule has 0 bridgehead atoms. The number of likely N-dealkylation sites (tertiary alicyclic amines) is 1. The number of carbonyl (C=O) groups excluding carboxylic acids is 1. The fourth-order valence-corrected chi connectivity index (χ4v) is 3.97. The highest BCUT2D eigenvalue weighted by Crippen LogP contribution is 2.37. The minimum atomic E-state index is -0.179. The van der Waals surface area contributed by atoms with Gasteiger partial charge in [-0.15, -0.1) is 0 Å². The molecule has 3 unspecified atom stereocenters. The molecule has 1 saturated carbocycles. The molecule has 0 aromatic carbocycles. The highest BCUT2D eigenvalue weighted by molar-refractivity contribution is 5.83. The Morgan fingerprint density at radius 2 is 2.06 bits per heavy atom. The van der Waals surface area contributed by atoms with Gasteiger partial charge >= 0.3 is 0 Å². The lowest BCUT2D eigenvalue weighted by Crippen LogP contribution is -2.48. The minimum absolute atomic E-state index is 0.00995. The van der Waals surface area contributed by atoms with E-state index in [0.29, 0.717) is 11.8 Å². The second-order valence-electron chi connectivity index (χ2n) is 5.91. The zero-order valence-electron chi connectivity index (χ0n) is 10.8. The molecule has 2 heterocycles. The second-order valence-corrected chi connectivity index (χ2v) is 5.91. The maximum atomic E-state index is 12.6. The summed E-state index contributed by atoms with van der Waals surface area (Å²) in [5.41, 5.74) is 0. The van der Waals surface area contributed by atoms with Crippen LogP contribution in [0.25, 0.3) is 0 Å². The van der Waals surface area contributed by atoms with Gasteiger partial charge in [0.15, 0.2) is 0 Å². The Morgan fingerprint density at radius 3 is 2.89 bits per heavy atom. The summed E-state index contributed by atoms with van der Waals surface area (Å²) in [5, 5.41) is 12.5. The Labute approximate surface area is 108 Å². The van der Waals surface area contributed by atoms with E-state index in [1.165, 1.54) is 25.7 Å². The third-order valence-corrected chi connectivity index (χ3v) is 4.95. The Morgan fingerprint density at radius 1 is 1.22 bits per heavy atom. The van der Waals surface area contributed by atoms with E-state index < -0.39 is 0 Å². The zero-order chi connectivity index (χ0) is 12.5. The molecular formula is C14H21N3O. The topological polar surface area (TPSA) is 56.1 Å². The van der Waals surface area contributed by atoms with Crippen molar-refractivity contribution in [2.75, 3.05) is 13.1 Å². The van der Waals surface area contributed by atoms with Gasteiger partial charge in [-0.2, -0.15) is 5.26 Å². The van der Waals surface area contributed by atoms with Crippen molar-refractivity contribution in [3.63, 3.8) is 0 Å². The molecule has 1 N–H and O–H groups in total. The Kier molecular flexibility index (Phi) is 3.25. The molecule has 3 aliphatic rings. The molecule has 2 aliphatic heterocycles. The zero-order valence-corrected chi connectivity index (χ0v) is 10.8. The molecule has 3 rings (SSSR count). The van der Waals surface area contributed by atoms with Crippen LogP contribution in [0, 0.1) is 23.2 Å². The molecule has 4 nitrogen and oxygen atoms in total. The van der Waals surface area contributed by atoms with E-state index in [4.69, 9.17) is 5.26 Å². The van der Waals surface area contributed by atoms with Gasteiger partial charge in [-0.05, 0) is 44.1 Å². The molecule has 0 spiro atoms. The van der Waals surface area contributed by atoms with E-state index in [0.717, 1.165) is 25.9 Å². The normalized spacial score (nSPS) is 39.4. The highest BCUT2D eigenvalue weighted by Gasteiger charge is 2.44. The molecular weight excluding hydrogens is 226 g/mol. The van der Waals surface area contributed by atoms with Gasteiger partial charge < -0.3 is 10.2 Å². The van der Waals surface area contributed by atoms with Crippen LogP contribution in [0.4, 0.5) is 0 Å². The Hall–Kier alpha value is -1.08. The summed E-state index contributed by atoms with van der Waals surface area (Å²) < 4.78 is 0. The maximum absolute atomic E-state index is 12.6. The van der Waals surface area contributed by atoms with Crippen LogP contribution < -0.4 is 5.32 Å². The van der Waals surface area contributed by atoms with Gasteiger partial charge in [-0.3, -0.25) is 4.79 Å². The van der Waals surface area contributed by atoms with Gasteiger partial charge in [0.1, 0.15) is 6.04 Å². The Bertz CT molecular complexity index is 376. The van der Waals surface area contributed by atoms with Crippen LogP contribution in [0.1, 0.15) is 38.5 Å². The summed E-state index contributed by atoms with van der Waals surface area (Å²) in [4.78, 5) is 14.4. The third kappa shape index (κ3) is 1.91. The molecule has 3 fully saturated rings. The minimum Gasteiger partial charge on any atom is -0.325 e. The average Bonchev–Trinajstić information content (AvgIpc) is 3.04. The van der Waals surface area contributed by atoms with Gasteiger partial charge in [0.05, 0.1) is 12.1 Å². The van der Waals surface area contributed by atoms with E-state index in [1.807, 2.05) is 4.90 Å². The molecule has 4 heteroatoms. The number of fused-ring (bicyclic) bond motifs is 1. The summed E-state index contributed by atoms with van der Waals surface area (Å²) in [6, 6.07) is 2.08. The van der Waals surface area contributed by atoms with E-state index in [-0.39, 0.29) is 18.0 Å². The first-order chi connectivity index (χ1) is 8.81. The van der Waals surface area contributed by atoms with Crippen LogP contribution in [0.5, 0.6) is 0 Å². The molecule has 0 aromatic heterocycles. The summed E-state index contributed by atoms with van der Waals surface area (Å²) in [6.45, 7) is 1.76. The number of amides is 1. The SMILES string of the molecule is N#C[C@@H]1CCCN1C(=O)C1NCC2CCCCC21. The van der Waals surface area contributed by atoms with Crippen molar-refractivity contribution in [3.8, 4) is 6.07 Å². The smallest absolute Gasteiger partial charge is 0.241 e. The van der Waals surface area contributed by atoms with Gasteiger partial charge in [-0.1, -0.05) is 12.8 Å². The predicted molar refractivity (Wildman–Crippen MR) is 67.6 cm³/mol. The van der Waals surface area contributed by atoms with Crippen LogP contribution in [-0.2, 0) is 4.79 Å². The number of nitrogens with one attached hydrogen (secondary N) is 1. The average molecular weight is 247 g/mol. The number of rotatable bonds is 1. The molecule has 1 aliphatic carbocycles.